The molecule has 0 spiro atoms. The van der Waals surface area contributed by atoms with Crippen LogP contribution in [0.3, 0.4) is 0 Å². The van der Waals surface area contributed by atoms with Crippen molar-refractivity contribution >= 4 is 18.0 Å². The van der Waals surface area contributed by atoms with Crippen LogP contribution < -0.4 is 0 Å². The monoisotopic (exact) mass is 144 g/mol. The zero-order valence-electron chi connectivity index (χ0n) is 4.48. The van der Waals surface area contributed by atoms with Gasteiger partial charge in [-0.2, -0.15) is 0 Å². The Kier molecular flexibility index (Phi) is 2.14. The number of nitrogens with zero attached hydrogens (tertiary/aromatic N) is 2. The van der Waals surface area contributed by atoms with Crippen molar-refractivity contribution in [1.82, 2.24) is 9.59 Å². The highest BCUT2D eigenvalue weighted by Gasteiger charge is 1.92. The number of hydrogen-bond donors (Lipinski definition) is 0. The van der Waals surface area contributed by atoms with E-state index in [1.54, 1.807) is 6.20 Å². The third kappa shape index (κ3) is 1.77. The first-order valence-electron chi connectivity index (χ1n) is 2.25. The van der Waals surface area contributed by atoms with E-state index in [-0.39, 0.29) is 6.61 Å². The number of hydrogen-bond acceptors (Lipinski definition) is 5. The Morgan fingerprint density at radius 2 is 2.78 bits per heavy atom. The zero-order chi connectivity index (χ0) is 6.53. The van der Waals surface area contributed by atoms with Crippen LogP contribution in [0.15, 0.2) is 6.20 Å². The summed E-state index contributed by atoms with van der Waals surface area (Å²) in [6, 6.07) is 0. The van der Waals surface area contributed by atoms with Crippen LogP contribution in [0.25, 0.3) is 0 Å². The molecule has 0 aliphatic heterocycles. The molecule has 4 nitrogen and oxygen atoms in total. The number of carbonyl (C=O) groups excluding carboxylic acids is 1. The van der Waals surface area contributed by atoms with Crippen LogP contribution in [0.2, 0.25) is 0 Å². The molecule has 1 aromatic heterocycles. The molecule has 0 radical (unpaired) electrons. The zero-order valence-corrected chi connectivity index (χ0v) is 5.30. The lowest BCUT2D eigenvalue weighted by Gasteiger charge is -1.88. The largest absolute Gasteiger partial charge is 0.462 e. The average Bonchev–Trinajstić information content (AvgIpc) is 2.34. The molecule has 0 aromatic carbocycles. The molecule has 5 heteroatoms. The fourth-order valence-corrected chi connectivity index (χ4v) is 0.782. The summed E-state index contributed by atoms with van der Waals surface area (Å²) in [5.74, 6) is 0. The Labute approximate surface area is 55.6 Å². The minimum absolute atomic E-state index is 0.279. The highest BCUT2D eigenvalue weighted by Crippen LogP contribution is 2.01. The molecule has 1 rings (SSSR count). The molecule has 0 aliphatic carbocycles. The van der Waals surface area contributed by atoms with Crippen LogP contribution in [-0.2, 0) is 16.1 Å². The molecule has 0 fully saturated rings. The number of ether oxygens (including phenoxy) is 1. The first kappa shape index (κ1) is 6.15. The average molecular weight is 144 g/mol. The lowest BCUT2D eigenvalue weighted by molar-refractivity contribution is -0.129. The molecule has 0 N–H and O–H groups in total. The molecule has 0 unspecified atom stereocenters. The molecule has 0 saturated carbocycles. The summed E-state index contributed by atoms with van der Waals surface area (Å²) >= 11 is 1.22. The summed E-state index contributed by atoms with van der Waals surface area (Å²) in [5.41, 5.74) is 0. The maximum absolute atomic E-state index is 9.64. The smallest absolute Gasteiger partial charge is 0.293 e. The van der Waals surface area contributed by atoms with E-state index in [2.05, 4.69) is 14.3 Å². The van der Waals surface area contributed by atoms with Crippen molar-refractivity contribution in [3.8, 4) is 0 Å². The molecular weight excluding hydrogens is 140 g/mol. The maximum atomic E-state index is 9.64. The van der Waals surface area contributed by atoms with Gasteiger partial charge in [0.2, 0.25) is 0 Å². The van der Waals surface area contributed by atoms with Crippen LogP contribution in [0, 0.1) is 0 Å². The fourth-order valence-electron chi connectivity index (χ4n) is 0.367. The van der Waals surface area contributed by atoms with E-state index in [1.807, 2.05) is 0 Å². The Morgan fingerprint density at radius 3 is 3.33 bits per heavy atom. The summed E-state index contributed by atoms with van der Waals surface area (Å²) in [6.45, 7) is 0.681. The molecular formula is C4H4N2O2S. The van der Waals surface area contributed by atoms with Crippen molar-refractivity contribution in [2.45, 2.75) is 6.61 Å². The maximum Gasteiger partial charge on any atom is 0.293 e. The molecule has 1 aromatic rings. The van der Waals surface area contributed by atoms with E-state index in [0.29, 0.717) is 6.47 Å². The summed E-state index contributed by atoms with van der Waals surface area (Å²) in [4.78, 5) is 10.5. The number of carbonyl (C=O) groups is 1. The summed E-state index contributed by atoms with van der Waals surface area (Å²) in [6.07, 6.45) is 1.56. The highest BCUT2D eigenvalue weighted by atomic mass is 32.1. The fraction of sp³-hybridized carbons (Fsp3) is 0.250. The van der Waals surface area contributed by atoms with Crippen LogP contribution >= 0.6 is 11.5 Å². The molecule has 0 atom stereocenters. The van der Waals surface area contributed by atoms with E-state index in [4.69, 9.17) is 0 Å². The van der Waals surface area contributed by atoms with Crippen molar-refractivity contribution in [2.24, 2.45) is 0 Å². The first-order chi connectivity index (χ1) is 4.43. The van der Waals surface area contributed by atoms with Crippen molar-refractivity contribution in [3.63, 3.8) is 0 Å². The van der Waals surface area contributed by atoms with Gasteiger partial charge in [-0.3, -0.25) is 4.79 Å². The predicted molar refractivity (Wildman–Crippen MR) is 30.8 cm³/mol. The van der Waals surface area contributed by atoms with Crippen LogP contribution in [0.1, 0.15) is 4.88 Å². The van der Waals surface area contributed by atoms with Gasteiger partial charge in [0.15, 0.2) is 0 Å². The molecule has 9 heavy (non-hydrogen) atoms. The molecule has 0 bridgehead atoms. The van der Waals surface area contributed by atoms with Gasteiger partial charge < -0.3 is 4.74 Å². The molecule has 1 heterocycles. The quantitative estimate of drug-likeness (QED) is 0.569. The molecule has 48 valence electrons. The molecule has 0 aliphatic rings. The van der Waals surface area contributed by atoms with E-state index in [1.165, 1.54) is 11.5 Å². The van der Waals surface area contributed by atoms with Gasteiger partial charge >= 0.3 is 0 Å². The molecule has 0 amide bonds. The van der Waals surface area contributed by atoms with Crippen molar-refractivity contribution in [2.75, 3.05) is 0 Å². The van der Waals surface area contributed by atoms with Crippen molar-refractivity contribution in [3.05, 3.63) is 11.1 Å². The topological polar surface area (TPSA) is 52.1 Å². The SMILES string of the molecule is O=COCc1cnns1. The van der Waals surface area contributed by atoms with Crippen LogP contribution in [-0.4, -0.2) is 16.1 Å². The van der Waals surface area contributed by atoms with Gasteiger partial charge in [0.25, 0.3) is 6.47 Å². The van der Waals surface area contributed by atoms with Crippen LogP contribution in [0.4, 0.5) is 0 Å². The lowest BCUT2D eigenvalue weighted by Crippen LogP contribution is -1.84. The summed E-state index contributed by atoms with van der Waals surface area (Å²) < 4.78 is 8.00. The van der Waals surface area contributed by atoms with E-state index in [0.717, 1.165) is 4.88 Å². The van der Waals surface area contributed by atoms with Gasteiger partial charge in [-0.25, -0.2) is 0 Å². The van der Waals surface area contributed by atoms with E-state index in [9.17, 15) is 4.79 Å². The highest BCUT2D eigenvalue weighted by molar-refractivity contribution is 7.05. The minimum Gasteiger partial charge on any atom is -0.462 e. The van der Waals surface area contributed by atoms with Gasteiger partial charge in [0.05, 0.1) is 11.1 Å². The minimum atomic E-state index is 0.279. The Morgan fingerprint density at radius 1 is 1.89 bits per heavy atom. The third-order valence-corrected chi connectivity index (χ3v) is 1.33. The number of aromatic nitrogens is 2. The third-order valence-electron chi connectivity index (χ3n) is 0.701. The number of rotatable bonds is 3. The Hall–Kier alpha value is -0.970. The van der Waals surface area contributed by atoms with Crippen LogP contribution in [0.5, 0.6) is 0 Å². The van der Waals surface area contributed by atoms with Gasteiger partial charge in [-0.15, -0.1) is 5.10 Å². The second-order valence-electron chi connectivity index (χ2n) is 1.29. The Balaban J connectivity index is 2.38. The summed E-state index contributed by atoms with van der Waals surface area (Å²) in [7, 11) is 0. The van der Waals surface area contributed by atoms with Gasteiger partial charge in [0, 0.05) is 0 Å². The van der Waals surface area contributed by atoms with E-state index >= 15 is 0 Å². The second-order valence-corrected chi connectivity index (χ2v) is 2.16. The predicted octanol–water partition coefficient (Wildman–Crippen LogP) is 0.211. The standard InChI is InChI=1S/C4H4N2O2S/c7-3-8-2-4-1-5-6-9-4/h1,3H,2H2. The lowest BCUT2D eigenvalue weighted by atomic mass is 10.6. The van der Waals surface area contributed by atoms with Gasteiger partial charge in [-0.05, 0) is 11.5 Å². The van der Waals surface area contributed by atoms with Crippen molar-refractivity contribution in [1.29, 1.82) is 0 Å². The molecule has 0 saturated heterocycles. The van der Waals surface area contributed by atoms with E-state index < -0.39 is 0 Å². The van der Waals surface area contributed by atoms with Gasteiger partial charge in [-0.1, -0.05) is 4.49 Å². The van der Waals surface area contributed by atoms with Crippen molar-refractivity contribution < 1.29 is 9.53 Å². The summed E-state index contributed by atoms with van der Waals surface area (Å²) in [5, 5.41) is 3.55. The Bertz CT molecular complexity index is 175. The first-order valence-corrected chi connectivity index (χ1v) is 3.02. The normalized spacial score (nSPS) is 8.89. The van der Waals surface area contributed by atoms with Gasteiger partial charge in [0.1, 0.15) is 6.61 Å². The second kappa shape index (κ2) is 3.13.